The molecule has 0 spiro atoms. The lowest BCUT2D eigenvalue weighted by atomic mass is 9.81. The Morgan fingerprint density at radius 3 is 2.30 bits per heavy atom. The van der Waals surface area contributed by atoms with Crippen molar-refractivity contribution in [2.45, 2.75) is 33.9 Å². The van der Waals surface area contributed by atoms with Gasteiger partial charge < -0.3 is 5.32 Å². The molecular weight excluding hydrogens is 265 g/mol. The molecule has 0 saturated carbocycles. The number of nitrogens with zero attached hydrogens (tertiary/aromatic N) is 1. The number of hydrogen-bond acceptors (Lipinski definition) is 2. The van der Waals surface area contributed by atoms with Gasteiger partial charge in [-0.2, -0.15) is 18.4 Å². The molecule has 0 fully saturated rings. The molecule has 110 valence electrons. The highest BCUT2D eigenvalue weighted by Gasteiger charge is 2.33. The molecule has 5 heteroatoms. The van der Waals surface area contributed by atoms with Gasteiger partial charge in [0.1, 0.15) is 0 Å². The summed E-state index contributed by atoms with van der Waals surface area (Å²) >= 11 is 0. The van der Waals surface area contributed by atoms with Gasteiger partial charge in [0.25, 0.3) is 0 Å². The molecule has 0 amide bonds. The highest BCUT2D eigenvalue weighted by molar-refractivity contribution is 5.53. The molecule has 1 rings (SSSR count). The van der Waals surface area contributed by atoms with Crippen LogP contribution in [0.25, 0.3) is 0 Å². The van der Waals surface area contributed by atoms with Gasteiger partial charge in [-0.05, 0) is 29.5 Å². The van der Waals surface area contributed by atoms with Gasteiger partial charge in [-0.1, -0.05) is 27.7 Å². The van der Waals surface area contributed by atoms with Gasteiger partial charge in [-0.25, -0.2) is 0 Å². The summed E-state index contributed by atoms with van der Waals surface area (Å²) < 4.78 is 38.0. The van der Waals surface area contributed by atoms with E-state index in [0.29, 0.717) is 18.2 Å². The average Bonchev–Trinajstić information content (AvgIpc) is 2.34. The maximum absolute atomic E-state index is 12.7. The Labute approximate surface area is 117 Å². The molecular formula is C15H19F3N2. The van der Waals surface area contributed by atoms with Crippen molar-refractivity contribution in [3.63, 3.8) is 0 Å². The molecule has 1 aromatic rings. The van der Waals surface area contributed by atoms with E-state index in [1.807, 2.05) is 0 Å². The Kier molecular flexibility index (Phi) is 4.69. The van der Waals surface area contributed by atoms with Gasteiger partial charge in [0, 0.05) is 12.2 Å². The summed E-state index contributed by atoms with van der Waals surface area (Å²) in [6.07, 6.45) is -4.50. The first kappa shape index (κ1) is 16.4. The van der Waals surface area contributed by atoms with E-state index in [1.54, 1.807) is 6.07 Å². The molecule has 0 saturated heterocycles. The Hall–Kier alpha value is -1.70. The van der Waals surface area contributed by atoms with Crippen molar-refractivity contribution in [2.24, 2.45) is 11.3 Å². The normalized spacial score (nSPS) is 12.3. The van der Waals surface area contributed by atoms with Crippen LogP contribution in [0.2, 0.25) is 0 Å². The van der Waals surface area contributed by atoms with Gasteiger partial charge >= 0.3 is 6.18 Å². The molecule has 0 unspecified atom stereocenters. The fourth-order valence-electron chi connectivity index (χ4n) is 1.53. The third kappa shape index (κ3) is 3.89. The van der Waals surface area contributed by atoms with E-state index in [2.05, 4.69) is 33.0 Å². The molecule has 0 aromatic heterocycles. The quantitative estimate of drug-likeness (QED) is 0.872. The highest BCUT2D eigenvalue weighted by atomic mass is 19.4. The van der Waals surface area contributed by atoms with Gasteiger partial charge in [-0.3, -0.25) is 0 Å². The fourth-order valence-corrected chi connectivity index (χ4v) is 1.53. The number of halogens is 3. The van der Waals surface area contributed by atoms with Crippen LogP contribution >= 0.6 is 0 Å². The number of alkyl halides is 3. The lowest BCUT2D eigenvalue weighted by Crippen LogP contribution is -2.28. The van der Waals surface area contributed by atoms with E-state index in [-0.39, 0.29) is 11.0 Å². The minimum atomic E-state index is -4.50. The minimum absolute atomic E-state index is 0.00943. The third-order valence-electron chi connectivity index (χ3n) is 3.76. The summed E-state index contributed by atoms with van der Waals surface area (Å²) in [4.78, 5) is 0. The van der Waals surface area contributed by atoms with Crippen molar-refractivity contribution in [3.8, 4) is 6.07 Å². The van der Waals surface area contributed by atoms with Crippen molar-refractivity contribution in [1.82, 2.24) is 0 Å². The van der Waals surface area contributed by atoms with Crippen molar-refractivity contribution in [1.29, 1.82) is 5.26 Å². The number of nitrogens with one attached hydrogen (secondary N) is 1. The molecule has 0 aliphatic carbocycles. The average molecular weight is 284 g/mol. The zero-order chi connectivity index (χ0) is 15.6. The monoisotopic (exact) mass is 284 g/mol. The predicted molar refractivity (Wildman–Crippen MR) is 73.3 cm³/mol. The first-order valence-electron chi connectivity index (χ1n) is 6.43. The van der Waals surface area contributed by atoms with Crippen molar-refractivity contribution >= 4 is 5.69 Å². The predicted octanol–water partition coefficient (Wildman–Crippen LogP) is 4.67. The SMILES string of the molecule is CC(C)C(C)(C)CNc1ccc(C(F)(F)F)c(C#N)c1. The number of hydrogen-bond donors (Lipinski definition) is 1. The zero-order valence-electron chi connectivity index (χ0n) is 12.1. The summed E-state index contributed by atoms with van der Waals surface area (Å²) in [5.74, 6) is 0.430. The molecule has 1 N–H and O–H groups in total. The maximum Gasteiger partial charge on any atom is 0.417 e. The number of rotatable bonds is 4. The van der Waals surface area contributed by atoms with E-state index < -0.39 is 11.7 Å². The van der Waals surface area contributed by atoms with Gasteiger partial charge in [-0.15, -0.1) is 0 Å². The van der Waals surface area contributed by atoms with Crippen LogP contribution in [0.3, 0.4) is 0 Å². The van der Waals surface area contributed by atoms with Crippen LogP contribution < -0.4 is 5.32 Å². The summed E-state index contributed by atoms with van der Waals surface area (Å²) in [7, 11) is 0. The third-order valence-corrected chi connectivity index (χ3v) is 3.76. The van der Waals surface area contributed by atoms with Crippen molar-refractivity contribution in [2.75, 3.05) is 11.9 Å². The molecule has 20 heavy (non-hydrogen) atoms. The van der Waals surface area contributed by atoms with E-state index >= 15 is 0 Å². The van der Waals surface area contributed by atoms with E-state index in [9.17, 15) is 13.2 Å². The molecule has 1 aromatic carbocycles. The van der Waals surface area contributed by atoms with Crippen LogP contribution in [0.4, 0.5) is 18.9 Å². The van der Waals surface area contributed by atoms with Crippen LogP contribution in [-0.2, 0) is 6.18 Å². The Bertz CT molecular complexity index is 511. The fraction of sp³-hybridized carbons (Fsp3) is 0.533. The van der Waals surface area contributed by atoms with Gasteiger partial charge in [0.15, 0.2) is 0 Å². The van der Waals surface area contributed by atoms with Crippen molar-refractivity contribution in [3.05, 3.63) is 29.3 Å². The van der Waals surface area contributed by atoms with E-state index in [0.717, 1.165) is 6.07 Å². The summed E-state index contributed by atoms with van der Waals surface area (Å²) in [5, 5.41) is 11.9. The standard InChI is InChI=1S/C15H19F3N2/c1-10(2)14(3,4)9-20-12-5-6-13(15(16,17)18)11(7-12)8-19/h5-7,10,20H,9H2,1-4H3. The second-order valence-electron chi connectivity index (χ2n) is 5.87. The Morgan fingerprint density at radius 2 is 1.85 bits per heavy atom. The largest absolute Gasteiger partial charge is 0.417 e. The van der Waals surface area contributed by atoms with Crippen LogP contribution in [0.5, 0.6) is 0 Å². The Balaban J connectivity index is 2.93. The topological polar surface area (TPSA) is 35.8 Å². The lowest BCUT2D eigenvalue weighted by Gasteiger charge is -2.30. The number of anilines is 1. The summed E-state index contributed by atoms with van der Waals surface area (Å²) in [5.41, 5.74) is -0.711. The maximum atomic E-state index is 12.7. The second-order valence-corrected chi connectivity index (χ2v) is 5.87. The van der Waals surface area contributed by atoms with Crippen LogP contribution in [0.15, 0.2) is 18.2 Å². The first-order chi connectivity index (χ1) is 9.08. The van der Waals surface area contributed by atoms with Crippen molar-refractivity contribution < 1.29 is 13.2 Å². The zero-order valence-corrected chi connectivity index (χ0v) is 12.1. The molecule has 2 nitrogen and oxygen atoms in total. The van der Waals surface area contributed by atoms with E-state index in [4.69, 9.17) is 5.26 Å². The second kappa shape index (κ2) is 5.74. The molecule has 0 radical (unpaired) electrons. The smallest absolute Gasteiger partial charge is 0.384 e. The Morgan fingerprint density at radius 1 is 1.25 bits per heavy atom. The van der Waals surface area contributed by atoms with Crippen LogP contribution in [0.1, 0.15) is 38.8 Å². The summed E-state index contributed by atoms with van der Waals surface area (Å²) in [6.45, 7) is 8.98. The van der Waals surface area contributed by atoms with Crippen LogP contribution in [-0.4, -0.2) is 6.54 Å². The molecule has 0 aliphatic rings. The number of benzene rings is 1. The minimum Gasteiger partial charge on any atom is -0.384 e. The van der Waals surface area contributed by atoms with Gasteiger partial charge in [0.05, 0.1) is 17.2 Å². The number of nitriles is 1. The highest BCUT2D eigenvalue weighted by Crippen LogP contribution is 2.33. The van der Waals surface area contributed by atoms with Crippen LogP contribution in [0, 0.1) is 22.7 Å². The molecule has 0 bridgehead atoms. The molecule has 0 heterocycles. The van der Waals surface area contributed by atoms with E-state index in [1.165, 1.54) is 12.1 Å². The van der Waals surface area contributed by atoms with Gasteiger partial charge in [0.2, 0.25) is 0 Å². The first-order valence-corrected chi connectivity index (χ1v) is 6.43. The molecule has 0 atom stereocenters. The lowest BCUT2D eigenvalue weighted by molar-refractivity contribution is -0.137. The molecule has 0 aliphatic heterocycles. The summed E-state index contributed by atoms with van der Waals surface area (Å²) in [6, 6.07) is 5.16.